The van der Waals surface area contributed by atoms with Crippen LogP contribution in [0.5, 0.6) is 0 Å². The molecule has 3 unspecified atom stereocenters. The minimum Gasteiger partial charge on any atom is -0.480 e. The normalized spacial score (nSPS) is 29.8. The van der Waals surface area contributed by atoms with Crippen molar-refractivity contribution < 1.29 is 19.4 Å². The lowest BCUT2D eigenvalue weighted by molar-refractivity contribution is -0.141. The summed E-state index contributed by atoms with van der Waals surface area (Å²) in [5.41, 5.74) is -0.427. The van der Waals surface area contributed by atoms with Crippen molar-refractivity contribution in [3.8, 4) is 0 Å². The fraction of sp³-hybridized carbons (Fsp3) is 0.818. The van der Waals surface area contributed by atoms with Gasteiger partial charge in [-0.25, -0.2) is 9.59 Å². The van der Waals surface area contributed by atoms with Gasteiger partial charge in [-0.15, -0.1) is 0 Å². The molecule has 0 aliphatic carbocycles. The highest BCUT2D eigenvalue weighted by molar-refractivity contribution is 5.82. The number of likely N-dealkylation sites (N-methyl/N-ethyl adjacent to an activating group) is 1. The van der Waals surface area contributed by atoms with E-state index in [1.807, 2.05) is 13.8 Å². The van der Waals surface area contributed by atoms with Gasteiger partial charge in [0.25, 0.3) is 0 Å². The van der Waals surface area contributed by atoms with Crippen molar-refractivity contribution in [1.29, 1.82) is 0 Å². The lowest BCUT2D eigenvalue weighted by Crippen LogP contribution is -2.56. The second-order valence-electron chi connectivity index (χ2n) is 4.74. The van der Waals surface area contributed by atoms with Gasteiger partial charge in [0, 0.05) is 13.7 Å². The smallest absolute Gasteiger partial charge is 0.326 e. The third-order valence-corrected chi connectivity index (χ3v) is 3.54. The van der Waals surface area contributed by atoms with E-state index >= 15 is 0 Å². The number of nitrogens with zero attached hydrogens (tertiary/aromatic N) is 1. The maximum Gasteiger partial charge on any atom is 0.326 e. The van der Waals surface area contributed by atoms with E-state index in [4.69, 9.17) is 9.84 Å². The van der Waals surface area contributed by atoms with Crippen molar-refractivity contribution >= 4 is 12.0 Å². The van der Waals surface area contributed by atoms with E-state index in [0.717, 1.165) is 6.42 Å². The van der Waals surface area contributed by atoms with Gasteiger partial charge in [0.2, 0.25) is 0 Å². The van der Waals surface area contributed by atoms with E-state index in [-0.39, 0.29) is 12.1 Å². The molecule has 1 rings (SSSR count). The average Bonchev–Trinajstić information content (AvgIpc) is 2.56. The van der Waals surface area contributed by atoms with E-state index in [0.29, 0.717) is 6.61 Å². The molecule has 1 saturated heterocycles. The topological polar surface area (TPSA) is 78.9 Å². The molecule has 1 fully saturated rings. The maximum absolute atomic E-state index is 11.9. The van der Waals surface area contributed by atoms with Gasteiger partial charge in [-0.2, -0.15) is 0 Å². The standard InChI is InChI=1S/C11H20N2O4/c1-7(9(14)15)13(4)10(16)12-11(3)5-6-17-8(11)2/h7-8H,5-6H2,1-4H3,(H,12,16)(H,14,15). The van der Waals surface area contributed by atoms with E-state index in [1.54, 1.807) is 0 Å². The number of amides is 2. The Morgan fingerprint density at radius 1 is 1.59 bits per heavy atom. The molecular formula is C11H20N2O4. The number of rotatable bonds is 3. The third-order valence-electron chi connectivity index (χ3n) is 3.54. The molecule has 1 aliphatic rings. The monoisotopic (exact) mass is 244 g/mol. The largest absolute Gasteiger partial charge is 0.480 e. The average molecular weight is 244 g/mol. The van der Waals surface area contributed by atoms with Crippen LogP contribution < -0.4 is 5.32 Å². The Bertz CT molecular complexity index is 321. The first-order valence-electron chi connectivity index (χ1n) is 5.67. The summed E-state index contributed by atoms with van der Waals surface area (Å²) >= 11 is 0. The summed E-state index contributed by atoms with van der Waals surface area (Å²) < 4.78 is 5.41. The van der Waals surface area contributed by atoms with Crippen LogP contribution in [-0.2, 0) is 9.53 Å². The molecule has 0 radical (unpaired) electrons. The number of hydrogen-bond donors (Lipinski definition) is 2. The van der Waals surface area contributed by atoms with Crippen LogP contribution in [0, 0.1) is 0 Å². The molecule has 17 heavy (non-hydrogen) atoms. The zero-order chi connectivity index (χ0) is 13.2. The fourth-order valence-electron chi connectivity index (χ4n) is 1.67. The second-order valence-corrected chi connectivity index (χ2v) is 4.74. The number of aliphatic carboxylic acids is 1. The number of nitrogens with one attached hydrogen (secondary N) is 1. The molecule has 0 saturated carbocycles. The number of hydrogen-bond acceptors (Lipinski definition) is 3. The summed E-state index contributed by atoms with van der Waals surface area (Å²) in [6.07, 6.45) is 0.662. The lowest BCUT2D eigenvalue weighted by atomic mass is 9.95. The number of urea groups is 1. The van der Waals surface area contributed by atoms with Gasteiger partial charge < -0.3 is 20.1 Å². The van der Waals surface area contributed by atoms with Gasteiger partial charge in [0.15, 0.2) is 0 Å². The minimum atomic E-state index is -1.02. The zero-order valence-corrected chi connectivity index (χ0v) is 10.7. The Morgan fingerprint density at radius 2 is 2.18 bits per heavy atom. The van der Waals surface area contributed by atoms with Gasteiger partial charge in [0.05, 0.1) is 11.6 Å². The van der Waals surface area contributed by atoms with E-state index in [1.165, 1.54) is 18.9 Å². The van der Waals surface area contributed by atoms with Crippen LogP contribution in [0.25, 0.3) is 0 Å². The molecular weight excluding hydrogens is 224 g/mol. The van der Waals surface area contributed by atoms with Crippen LogP contribution in [0.4, 0.5) is 4.79 Å². The summed E-state index contributed by atoms with van der Waals surface area (Å²) in [6, 6.07) is -1.24. The van der Waals surface area contributed by atoms with Gasteiger partial charge in [0.1, 0.15) is 6.04 Å². The van der Waals surface area contributed by atoms with Gasteiger partial charge in [-0.05, 0) is 27.2 Å². The van der Waals surface area contributed by atoms with Crippen LogP contribution in [0.2, 0.25) is 0 Å². The molecule has 98 valence electrons. The molecule has 0 bridgehead atoms. The van der Waals surface area contributed by atoms with Gasteiger partial charge in [-0.1, -0.05) is 0 Å². The van der Waals surface area contributed by atoms with E-state index in [2.05, 4.69) is 5.32 Å². The lowest BCUT2D eigenvalue weighted by Gasteiger charge is -2.32. The maximum atomic E-state index is 11.9. The second kappa shape index (κ2) is 4.91. The quantitative estimate of drug-likeness (QED) is 0.764. The molecule has 6 nitrogen and oxygen atoms in total. The van der Waals surface area contributed by atoms with Crippen LogP contribution in [-0.4, -0.2) is 53.3 Å². The van der Waals surface area contributed by atoms with Gasteiger partial charge >= 0.3 is 12.0 Å². The van der Waals surface area contributed by atoms with Crippen LogP contribution in [0.1, 0.15) is 27.2 Å². The Labute approximate surface area is 101 Å². The highest BCUT2D eigenvalue weighted by Crippen LogP contribution is 2.25. The highest BCUT2D eigenvalue weighted by atomic mass is 16.5. The summed E-state index contributed by atoms with van der Waals surface area (Å²) in [6.45, 7) is 5.88. The van der Waals surface area contributed by atoms with Crippen molar-refractivity contribution in [2.24, 2.45) is 0 Å². The van der Waals surface area contributed by atoms with E-state index < -0.39 is 17.6 Å². The van der Waals surface area contributed by atoms with Crippen molar-refractivity contribution in [3.63, 3.8) is 0 Å². The first-order valence-corrected chi connectivity index (χ1v) is 5.67. The zero-order valence-electron chi connectivity index (χ0n) is 10.7. The molecule has 2 amide bonds. The van der Waals surface area contributed by atoms with Gasteiger partial charge in [-0.3, -0.25) is 0 Å². The van der Waals surface area contributed by atoms with Crippen LogP contribution in [0.15, 0.2) is 0 Å². The Balaban J connectivity index is 2.63. The summed E-state index contributed by atoms with van der Waals surface area (Å²) in [5, 5.41) is 11.7. The highest BCUT2D eigenvalue weighted by Gasteiger charge is 2.39. The summed E-state index contributed by atoms with van der Waals surface area (Å²) in [4.78, 5) is 23.9. The van der Waals surface area contributed by atoms with E-state index in [9.17, 15) is 9.59 Å². The molecule has 2 N–H and O–H groups in total. The number of carboxylic acid groups (broad SMARTS) is 1. The molecule has 0 aromatic rings. The molecule has 6 heteroatoms. The summed E-state index contributed by atoms with van der Waals surface area (Å²) in [5.74, 6) is -1.02. The Hall–Kier alpha value is -1.30. The summed E-state index contributed by atoms with van der Waals surface area (Å²) in [7, 11) is 1.47. The number of carbonyl (C=O) groups excluding carboxylic acids is 1. The molecule has 1 heterocycles. The van der Waals surface area contributed by atoms with Crippen LogP contribution in [0.3, 0.4) is 0 Å². The van der Waals surface area contributed by atoms with Crippen molar-refractivity contribution in [2.75, 3.05) is 13.7 Å². The SMILES string of the molecule is CC(C(=O)O)N(C)C(=O)NC1(C)CCOC1C. The molecule has 0 spiro atoms. The number of carbonyl (C=O) groups is 2. The molecule has 0 aromatic heterocycles. The molecule has 3 atom stereocenters. The van der Waals surface area contributed by atoms with Crippen molar-refractivity contribution in [2.45, 2.75) is 44.9 Å². The Kier molecular flexibility index (Phi) is 3.98. The number of carboxylic acids is 1. The minimum absolute atomic E-state index is 0.0695. The molecule has 1 aliphatic heterocycles. The Morgan fingerprint density at radius 3 is 2.59 bits per heavy atom. The fourth-order valence-corrected chi connectivity index (χ4v) is 1.67. The third kappa shape index (κ3) is 2.88. The first kappa shape index (κ1) is 13.8. The predicted octanol–water partition coefficient (Wildman–Crippen LogP) is 0.668. The van der Waals surface area contributed by atoms with Crippen molar-refractivity contribution in [3.05, 3.63) is 0 Å². The van der Waals surface area contributed by atoms with Crippen molar-refractivity contribution in [1.82, 2.24) is 10.2 Å². The van der Waals surface area contributed by atoms with Crippen LogP contribution >= 0.6 is 0 Å². The predicted molar refractivity (Wildman–Crippen MR) is 61.8 cm³/mol. The molecule has 0 aromatic carbocycles. The number of ether oxygens (including phenoxy) is 1. The first-order chi connectivity index (χ1) is 7.78.